The van der Waals surface area contributed by atoms with Gasteiger partial charge in [-0.25, -0.2) is 0 Å². The second kappa shape index (κ2) is 4.98. The SMILES string of the molecule is Cc1cc(O)ccc1C(=O)N1CC(C)OC(C)C1. The van der Waals surface area contributed by atoms with Crippen LogP contribution in [0.15, 0.2) is 18.2 Å². The molecule has 98 valence electrons. The Bertz CT molecular complexity index is 448. The Morgan fingerprint density at radius 3 is 2.50 bits per heavy atom. The summed E-state index contributed by atoms with van der Waals surface area (Å²) in [6, 6.07) is 4.84. The molecule has 1 N–H and O–H groups in total. The highest BCUT2D eigenvalue weighted by molar-refractivity contribution is 5.95. The maximum atomic E-state index is 12.4. The normalized spacial score (nSPS) is 24.1. The van der Waals surface area contributed by atoms with Crippen molar-refractivity contribution in [3.63, 3.8) is 0 Å². The number of rotatable bonds is 1. The zero-order valence-corrected chi connectivity index (χ0v) is 11.0. The van der Waals surface area contributed by atoms with Crippen molar-refractivity contribution in [2.75, 3.05) is 13.1 Å². The number of aromatic hydroxyl groups is 1. The minimum atomic E-state index is 0.00880. The fraction of sp³-hybridized carbons (Fsp3) is 0.500. The van der Waals surface area contributed by atoms with Crippen LogP contribution in [0, 0.1) is 6.92 Å². The number of morpholine rings is 1. The number of amides is 1. The van der Waals surface area contributed by atoms with E-state index in [-0.39, 0.29) is 23.9 Å². The predicted octanol–water partition coefficient (Wildman–Crippen LogP) is 1.95. The quantitative estimate of drug-likeness (QED) is 0.827. The van der Waals surface area contributed by atoms with Crippen LogP contribution >= 0.6 is 0 Å². The van der Waals surface area contributed by atoms with Crippen LogP contribution in [-0.4, -0.2) is 41.2 Å². The van der Waals surface area contributed by atoms with E-state index < -0.39 is 0 Å². The molecule has 1 fully saturated rings. The van der Waals surface area contributed by atoms with Crippen molar-refractivity contribution in [2.24, 2.45) is 0 Å². The molecule has 0 bridgehead atoms. The first-order valence-corrected chi connectivity index (χ1v) is 6.21. The number of carbonyl (C=O) groups excluding carboxylic acids is 1. The smallest absolute Gasteiger partial charge is 0.254 e. The van der Waals surface area contributed by atoms with Crippen molar-refractivity contribution >= 4 is 5.91 Å². The highest BCUT2D eigenvalue weighted by Crippen LogP contribution is 2.19. The zero-order valence-electron chi connectivity index (χ0n) is 11.0. The molecule has 1 saturated heterocycles. The van der Waals surface area contributed by atoms with E-state index in [0.717, 1.165) is 5.56 Å². The molecule has 2 rings (SSSR count). The first-order valence-electron chi connectivity index (χ1n) is 6.21. The lowest BCUT2D eigenvalue weighted by molar-refractivity contribution is -0.0586. The zero-order chi connectivity index (χ0) is 13.3. The van der Waals surface area contributed by atoms with Gasteiger partial charge < -0.3 is 14.7 Å². The predicted molar refractivity (Wildman–Crippen MR) is 68.8 cm³/mol. The van der Waals surface area contributed by atoms with Crippen molar-refractivity contribution in [3.05, 3.63) is 29.3 Å². The first kappa shape index (κ1) is 12.9. The molecule has 2 unspecified atom stereocenters. The monoisotopic (exact) mass is 249 g/mol. The van der Waals surface area contributed by atoms with Gasteiger partial charge in [-0.1, -0.05) is 0 Å². The van der Waals surface area contributed by atoms with Crippen molar-refractivity contribution in [2.45, 2.75) is 33.0 Å². The number of phenols is 1. The van der Waals surface area contributed by atoms with Gasteiger partial charge in [0.25, 0.3) is 5.91 Å². The molecule has 18 heavy (non-hydrogen) atoms. The number of aryl methyl sites for hydroxylation is 1. The van der Waals surface area contributed by atoms with E-state index in [2.05, 4.69) is 0 Å². The number of benzene rings is 1. The molecule has 4 nitrogen and oxygen atoms in total. The summed E-state index contributed by atoms with van der Waals surface area (Å²) in [5.74, 6) is 0.197. The van der Waals surface area contributed by atoms with Gasteiger partial charge in [0.2, 0.25) is 0 Å². The van der Waals surface area contributed by atoms with Crippen molar-refractivity contribution in [3.8, 4) is 5.75 Å². The van der Waals surface area contributed by atoms with E-state index in [1.54, 1.807) is 18.2 Å². The van der Waals surface area contributed by atoms with Crippen LogP contribution in [0.5, 0.6) is 5.75 Å². The molecule has 1 amide bonds. The molecule has 1 aromatic rings. The third kappa shape index (κ3) is 2.64. The molecule has 0 aromatic heterocycles. The fourth-order valence-electron chi connectivity index (χ4n) is 2.40. The molecule has 0 radical (unpaired) electrons. The average Bonchev–Trinajstić information content (AvgIpc) is 2.26. The van der Waals surface area contributed by atoms with Gasteiger partial charge in [0.05, 0.1) is 12.2 Å². The lowest BCUT2D eigenvalue weighted by Crippen LogP contribution is -2.48. The van der Waals surface area contributed by atoms with Crippen LogP contribution in [0.2, 0.25) is 0 Å². The van der Waals surface area contributed by atoms with Crippen molar-refractivity contribution < 1.29 is 14.6 Å². The van der Waals surface area contributed by atoms with Gasteiger partial charge >= 0.3 is 0 Å². The van der Waals surface area contributed by atoms with Gasteiger partial charge in [-0.2, -0.15) is 0 Å². The fourth-order valence-corrected chi connectivity index (χ4v) is 2.40. The summed E-state index contributed by atoms with van der Waals surface area (Å²) < 4.78 is 5.62. The molecule has 1 aliphatic heterocycles. The molecule has 1 heterocycles. The number of phenolic OH excluding ortho intramolecular Hbond substituents is 1. The van der Waals surface area contributed by atoms with Gasteiger partial charge in [0, 0.05) is 18.7 Å². The molecule has 4 heteroatoms. The number of hydrogen-bond acceptors (Lipinski definition) is 3. The van der Waals surface area contributed by atoms with Crippen LogP contribution in [0.4, 0.5) is 0 Å². The summed E-state index contributed by atoms with van der Waals surface area (Å²) in [7, 11) is 0. The Morgan fingerprint density at radius 2 is 1.94 bits per heavy atom. The van der Waals surface area contributed by atoms with Crippen LogP contribution in [-0.2, 0) is 4.74 Å². The Morgan fingerprint density at radius 1 is 1.33 bits per heavy atom. The lowest BCUT2D eigenvalue weighted by Gasteiger charge is -2.35. The molecule has 1 aromatic carbocycles. The standard InChI is InChI=1S/C14H19NO3/c1-9-6-12(16)4-5-13(9)14(17)15-7-10(2)18-11(3)8-15/h4-6,10-11,16H,7-8H2,1-3H3. The summed E-state index contributed by atoms with van der Waals surface area (Å²) in [6.45, 7) is 7.01. The molecular formula is C14H19NO3. The second-order valence-electron chi connectivity index (χ2n) is 4.97. The minimum Gasteiger partial charge on any atom is -0.508 e. The van der Waals surface area contributed by atoms with Crippen LogP contribution in [0.3, 0.4) is 0 Å². The topological polar surface area (TPSA) is 49.8 Å². The largest absolute Gasteiger partial charge is 0.508 e. The number of carbonyl (C=O) groups is 1. The molecule has 0 saturated carbocycles. The van der Waals surface area contributed by atoms with Gasteiger partial charge in [0.15, 0.2) is 0 Å². The highest BCUT2D eigenvalue weighted by Gasteiger charge is 2.27. The van der Waals surface area contributed by atoms with Gasteiger partial charge in [-0.3, -0.25) is 4.79 Å². The third-order valence-electron chi connectivity index (χ3n) is 3.15. The number of hydrogen-bond donors (Lipinski definition) is 1. The first-order chi connectivity index (χ1) is 8.47. The van der Waals surface area contributed by atoms with Crippen LogP contribution in [0.25, 0.3) is 0 Å². The van der Waals surface area contributed by atoms with E-state index in [4.69, 9.17) is 4.74 Å². The molecular weight excluding hydrogens is 230 g/mol. The maximum Gasteiger partial charge on any atom is 0.254 e. The Labute approximate surface area is 107 Å². The summed E-state index contributed by atoms with van der Waals surface area (Å²) >= 11 is 0. The molecule has 0 aliphatic carbocycles. The maximum absolute atomic E-state index is 12.4. The van der Waals surface area contributed by atoms with E-state index in [1.165, 1.54) is 0 Å². The van der Waals surface area contributed by atoms with E-state index in [1.807, 2.05) is 25.7 Å². The Balaban J connectivity index is 2.20. The third-order valence-corrected chi connectivity index (χ3v) is 3.15. The summed E-state index contributed by atoms with van der Waals surface area (Å²) in [6.07, 6.45) is 0.130. The molecule has 1 aliphatic rings. The van der Waals surface area contributed by atoms with E-state index in [9.17, 15) is 9.90 Å². The highest BCUT2D eigenvalue weighted by atomic mass is 16.5. The summed E-state index contributed by atoms with van der Waals surface area (Å²) in [5, 5.41) is 9.37. The average molecular weight is 249 g/mol. The minimum absolute atomic E-state index is 0.00880. The van der Waals surface area contributed by atoms with Crippen LogP contribution < -0.4 is 0 Å². The second-order valence-corrected chi connectivity index (χ2v) is 4.97. The Hall–Kier alpha value is -1.55. The Kier molecular flexibility index (Phi) is 3.57. The van der Waals surface area contributed by atoms with Crippen molar-refractivity contribution in [1.29, 1.82) is 0 Å². The summed E-state index contributed by atoms with van der Waals surface area (Å²) in [4.78, 5) is 14.2. The lowest BCUT2D eigenvalue weighted by atomic mass is 10.1. The molecule has 0 spiro atoms. The van der Waals surface area contributed by atoms with Gasteiger partial charge in [-0.15, -0.1) is 0 Å². The summed E-state index contributed by atoms with van der Waals surface area (Å²) in [5.41, 5.74) is 1.45. The van der Waals surface area contributed by atoms with Gasteiger partial charge in [0.1, 0.15) is 5.75 Å². The van der Waals surface area contributed by atoms with E-state index >= 15 is 0 Å². The van der Waals surface area contributed by atoms with E-state index in [0.29, 0.717) is 18.7 Å². The number of nitrogens with zero attached hydrogens (tertiary/aromatic N) is 1. The van der Waals surface area contributed by atoms with Crippen molar-refractivity contribution in [1.82, 2.24) is 4.90 Å². The molecule has 2 atom stereocenters. The number of ether oxygens (including phenoxy) is 1. The van der Waals surface area contributed by atoms with Crippen LogP contribution in [0.1, 0.15) is 29.8 Å². The van der Waals surface area contributed by atoms with Gasteiger partial charge in [-0.05, 0) is 44.5 Å².